The number of benzene rings is 1. The number of aliphatic hydroxyl groups excluding tert-OH is 1. The van der Waals surface area contributed by atoms with Gasteiger partial charge in [-0.05, 0) is 12.1 Å². The molecule has 4 nitrogen and oxygen atoms in total. The lowest BCUT2D eigenvalue weighted by atomic mass is 10.1. The van der Waals surface area contributed by atoms with Gasteiger partial charge < -0.3 is 5.11 Å². The molecule has 1 aromatic rings. The highest BCUT2D eigenvalue weighted by atomic mass is 19.1. The van der Waals surface area contributed by atoms with Crippen LogP contribution >= 0.6 is 0 Å². The van der Waals surface area contributed by atoms with Crippen LogP contribution in [-0.2, 0) is 0 Å². The van der Waals surface area contributed by atoms with E-state index in [-0.39, 0.29) is 11.3 Å². The predicted molar refractivity (Wildman–Crippen MR) is 48.2 cm³/mol. The molecule has 0 amide bonds. The molecule has 0 aromatic heterocycles. The fourth-order valence-electron chi connectivity index (χ4n) is 1.06. The summed E-state index contributed by atoms with van der Waals surface area (Å²) in [6, 6.07) is 2.90. The van der Waals surface area contributed by atoms with Crippen LogP contribution in [0.3, 0.4) is 0 Å². The molecule has 0 bridgehead atoms. The summed E-state index contributed by atoms with van der Waals surface area (Å²) in [6.45, 7) is 3.27. The van der Waals surface area contributed by atoms with Crippen LogP contribution in [-0.4, -0.2) is 10.0 Å². The van der Waals surface area contributed by atoms with Gasteiger partial charge in [-0.1, -0.05) is 6.08 Å². The quantitative estimate of drug-likeness (QED) is 0.457. The molecule has 0 saturated heterocycles. The van der Waals surface area contributed by atoms with Gasteiger partial charge in [-0.3, -0.25) is 10.1 Å². The first-order valence-electron chi connectivity index (χ1n) is 3.80. The third-order valence-corrected chi connectivity index (χ3v) is 1.73. The van der Waals surface area contributed by atoms with E-state index in [2.05, 4.69) is 6.58 Å². The van der Waals surface area contributed by atoms with Crippen LogP contribution in [0.5, 0.6) is 0 Å². The molecule has 1 aromatic carbocycles. The van der Waals surface area contributed by atoms with Crippen molar-refractivity contribution in [2.75, 3.05) is 0 Å². The Morgan fingerprint density at radius 3 is 2.79 bits per heavy atom. The number of aliphatic hydroxyl groups is 1. The van der Waals surface area contributed by atoms with Crippen LogP contribution in [0.15, 0.2) is 30.9 Å². The zero-order chi connectivity index (χ0) is 10.7. The van der Waals surface area contributed by atoms with Gasteiger partial charge in [0.25, 0.3) is 5.69 Å². The largest absolute Gasteiger partial charge is 0.384 e. The summed E-state index contributed by atoms with van der Waals surface area (Å²) < 4.78 is 12.7. The van der Waals surface area contributed by atoms with E-state index < -0.39 is 16.8 Å². The van der Waals surface area contributed by atoms with E-state index in [1.54, 1.807) is 0 Å². The third kappa shape index (κ3) is 1.94. The van der Waals surface area contributed by atoms with Crippen LogP contribution < -0.4 is 0 Å². The van der Waals surface area contributed by atoms with E-state index in [1.807, 2.05) is 0 Å². The first-order chi connectivity index (χ1) is 6.56. The summed E-state index contributed by atoms with van der Waals surface area (Å²) in [5, 5.41) is 19.8. The third-order valence-electron chi connectivity index (χ3n) is 1.73. The molecule has 0 aliphatic rings. The molecule has 14 heavy (non-hydrogen) atoms. The Morgan fingerprint density at radius 2 is 2.29 bits per heavy atom. The molecule has 0 spiro atoms. The second-order valence-electron chi connectivity index (χ2n) is 2.64. The standard InChI is InChI=1S/C9H8FNO3/c1-2-9(12)7-5-6(10)3-4-8(7)11(13)14/h2-5,9,12H,1H2. The summed E-state index contributed by atoms with van der Waals surface area (Å²) in [5.74, 6) is -0.633. The van der Waals surface area contributed by atoms with Gasteiger partial charge in [-0.15, -0.1) is 6.58 Å². The van der Waals surface area contributed by atoms with Gasteiger partial charge in [0.05, 0.1) is 10.5 Å². The van der Waals surface area contributed by atoms with E-state index >= 15 is 0 Å². The zero-order valence-corrected chi connectivity index (χ0v) is 7.18. The van der Waals surface area contributed by atoms with Gasteiger partial charge in [0.1, 0.15) is 11.9 Å². The van der Waals surface area contributed by atoms with Crippen LogP contribution in [0.1, 0.15) is 11.7 Å². The number of nitro benzene ring substituents is 1. The highest BCUT2D eigenvalue weighted by molar-refractivity contribution is 5.43. The molecular weight excluding hydrogens is 189 g/mol. The Hall–Kier alpha value is -1.75. The van der Waals surface area contributed by atoms with Crippen LogP contribution in [0.4, 0.5) is 10.1 Å². The lowest BCUT2D eigenvalue weighted by molar-refractivity contribution is -0.386. The maximum atomic E-state index is 12.7. The first kappa shape index (κ1) is 10.3. The van der Waals surface area contributed by atoms with Gasteiger partial charge in [0.15, 0.2) is 0 Å². The molecule has 1 atom stereocenters. The van der Waals surface area contributed by atoms with Crippen LogP contribution in [0.2, 0.25) is 0 Å². The topological polar surface area (TPSA) is 63.4 Å². The maximum absolute atomic E-state index is 12.7. The second kappa shape index (κ2) is 3.97. The summed E-state index contributed by atoms with van der Waals surface area (Å²) in [6.07, 6.45) is -0.131. The minimum atomic E-state index is -1.23. The van der Waals surface area contributed by atoms with Crippen molar-refractivity contribution in [3.63, 3.8) is 0 Å². The fourth-order valence-corrected chi connectivity index (χ4v) is 1.06. The first-order valence-corrected chi connectivity index (χ1v) is 3.80. The average molecular weight is 197 g/mol. The zero-order valence-electron chi connectivity index (χ0n) is 7.18. The SMILES string of the molecule is C=CC(O)c1cc(F)ccc1[N+](=O)[O-]. The van der Waals surface area contributed by atoms with Gasteiger partial charge in [0.2, 0.25) is 0 Å². The molecule has 0 fully saturated rings. The molecule has 0 aliphatic carbocycles. The van der Waals surface area contributed by atoms with Crippen LogP contribution in [0, 0.1) is 15.9 Å². The molecular formula is C9H8FNO3. The normalized spacial score (nSPS) is 12.1. The average Bonchev–Trinajstić information content (AvgIpc) is 2.16. The van der Waals surface area contributed by atoms with E-state index in [1.165, 1.54) is 0 Å². The van der Waals surface area contributed by atoms with Crippen molar-refractivity contribution in [2.45, 2.75) is 6.10 Å². The Labute approximate surface area is 79.4 Å². The number of rotatable bonds is 3. The second-order valence-corrected chi connectivity index (χ2v) is 2.64. The van der Waals surface area contributed by atoms with Crippen molar-refractivity contribution in [1.82, 2.24) is 0 Å². The summed E-state index contributed by atoms with van der Waals surface area (Å²) in [7, 11) is 0. The molecule has 0 aliphatic heterocycles. The highest BCUT2D eigenvalue weighted by Crippen LogP contribution is 2.26. The Morgan fingerprint density at radius 1 is 1.64 bits per heavy atom. The summed E-state index contributed by atoms with van der Waals surface area (Å²) >= 11 is 0. The number of nitrogens with zero attached hydrogens (tertiary/aromatic N) is 1. The van der Waals surface area contributed by atoms with Gasteiger partial charge >= 0.3 is 0 Å². The van der Waals surface area contributed by atoms with Crippen molar-refractivity contribution < 1.29 is 14.4 Å². The minimum Gasteiger partial charge on any atom is -0.384 e. The summed E-state index contributed by atoms with van der Waals surface area (Å²) in [4.78, 5) is 9.81. The van der Waals surface area contributed by atoms with E-state index in [9.17, 15) is 19.6 Å². The van der Waals surface area contributed by atoms with Gasteiger partial charge in [-0.25, -0.2) is 4.39 Å². The smallest absolute Gasteiger partial charge is 0.275 e. The summed E-state index contributed by atoms with van der Waals surface area (Å²) in [5.41, 5.74) is -0.413. The molecule has 74 valence electrons. The number of hydrogen-bond acceptors (Lipinski definition) is 3. The lowest BCUT2D eigenvalue weighted by Crippen LogP contribution is -2.00. The lowest BCUT2D eigenvalue weighted by Gasteiger charge is -2.05. The molecule has 0 radical (unpaired) electrons. The Bertz CT molecular complexity index is 378. The Balaban J connectivity index is 3.29. The molecule has 1 rings (SSSR count). The van der Waals surface area contributed by atoms with Crippen molar-refractivity contribution >= 4 is 5.69 Å². The molecule has 0 saturated carbocycles. The van der Waals surface area contributed by atoms with Crippen molar-refractivity contribution in [3.05, 3.63) is 52.3 Å². The van der Waals surface area contributed by atoms with E-state index in [0.717, 1.165) is 24.3 Å². The molecule has 0 heterocycles. The van der Waals surface area contributed by atoms with Gasteiger partial charge in [-0.2, -0.15) is 0 Å². The van der Waals surface area contributed by atoms with E-state index in [4.69, 9.17) is 0 Å². The molecule has 5 heteroatoms. The van der Waals surface area contributed by atoms with Gasteiger partial charge in [0, 0.05) is 6.07 Å². The predicted octanol–water partition coefficient (Wildman–Crippen LogP) is 1.95. The number of nitro groups is 1. The Kier molecular flexibility index (Phi) is 2.93. The van der Waals surface area contributed by atoms with Crippen molar-refractivity contribution in [2.24, 2.45) is 0 Å². The highest BCUT2D eigenvalue weighted by Gasteiger charge is 2.18. The number of hydrogen-bond donors (Lipinski definition) is 1. The van der Waals surface area contributed by atoms with Crippen molar-refractivity contribution in [3.8, 4) is 0 Å². The maximum Gasteiger partial charge on any atom is 0.275 e. The fraction of sp³-hybridized carbons (Fsp3) is 0.111. The van der Waals surface area contributed by atoms with Crippen LogP contribution in [0.25, 0.3) is 0 Å². The molecule has 1 unspecified atom stereocenters. The minimum absolute atomic E-state index is 0.0926. The van der Waals surface area contributed by atoms with Crippen molar-refractivity contribution in [1.29, 1.82) is 0 Å². The van der Waals surface area contributed by atoms with E-state index in [0.29, 0.717) is 0 Å². The molecule has 1 N–H and O–H groups in total. The monoisotopic (exact) mass is 197 g/mol. The number of halogens is 1.